The molecule has 1 amide bonds. The number of para-hydroxylation sites is 1. The van der Waals surface area contributed by atoms with E-state index in [1.807, 2.05) is 24.3 Å². The van der Waals surface area contributed by atoms with Crippen molar-refractivity contribution in [3.63, 3.8) is 0 Å². The van der Waals surface area contributed by atoms with E-state index in [1.165, 1.54) is 18.8 Å². The molecular weight excluding hydrogens is 346 g/mol. The fourth-order valence-electron chi connectivity index (χ4n) is 3.51. The number of hydrogen-bond donors (Lipinski definition) is 2. The summed E-state index contributed by atoms with van der Waals surface area (Å²) in [5.41, 5.74) is -0.745. The molecule has 0 spiro atoms. The Bertz CT molecular complexity index is 876. The van der Waals surface area contributed by atoms with E-state index >= 15 is 0 Å². The van der Waals surface area contributed by atoms with Crippen molar-refractivity contribution in [2.75, 3.05) is 13.7 Å². The van der Waals surface area contributed by atoms with Crippen LogP contribution in [-0.2, 0) is 15.8 Å². The summed E-state index contributed by atoms with van der Waals surface area (Å²) in [6.45, 7) is -0.0320. The average Bonchev–Trinajstić information content (AvgIpc) is 3.11. The summed E-state index contributed by atoms with van der Waals surface area (Å²) in [4.78, 5) is 13.0. The second-order valence-electron chi connectivity index (χ2n) is 6.81. The smallest absolute Gasteiger partial charge is 0.230 e. The van der Waals surface area contributed by atoms with Crippen molar-refractivity contribution in [2.24, 2.45) is 0 Å². The average molecular weight is 367 g/mol. The monoisotopic (exact) mass is 367 g/mol. The minimum atomic E-state index is -1.51. The molecule has 4 rings (SSSR count). The summed E-state index contributed by atoms with van der Waals surface area (Å²) in [7, 11) is 1.60. The highest BCUT2D eigenvalue weighted by Crippen LogP contribution is 2.51. The molecule has 0 bridgehead atoms. The van der Waals surface area contributed by atoms with E-state index in [0.717, 1.165) is 18.4 Å². The molecule has 1 aliphatic rings. The molecule has 140 valence electrons. The van der Waals surface area contributed by atoms with Crippen LogP contribution < -0.4 is 10.1 Å². The number of furan rings is 2. The number of carbonyl (C=O) groups is 1. The third-order valence-electron chi connectivity index (χ3n) is 5.24. The van der Waals surface area contributed by atoms with E-state index in [-0.39, 0.29) is 12.5 Å². The van der Waals surface area contributed by atoms with Gasteiger partial charge in [0.05, 0.1) is 37.9 Å². The third-order valence-corrected chi connectivity index (χ3v) is 5.24. The molecule has 1 unspecified atom stereocenters. The summed E-state index contributed by atoms with van der Waals surface area (Å²) in [6.07, 6.45) is 5.89. The third kappa shape index (κ3) is 2.92. The quantitative estimate of drug-likeness (QED) is 0.671. The largest absolute Gasteiger partial charge is 0.496 e. The Balaban J connectivity index is 1.58. The zero-order valence-electron chi connectivity index (χ0n) is 15.0. The maximum atomic E-state index is 13.0. The molecule has 3 aromatic rings. The number of carbonyl (C=O) groups excluding carboxylic acids is 1. The maximum Gasteiger partial charge on any atom is 0.230 e. The van der Waals surface area contributed by atoms with Crippen molar-refractivity contribution in [1.29, 1.82) is 0 Å². The second-order valence-corrected chi connectivity index (χ2v) is 6.81. The van der Waals surface area contributed by atoms with Gasteiger partial charge < -0.3 is 24.0 Å². The number of benzene rings is 1. The van der Waals surface area contributed by atoms with Crippen LogP contribution in [0.15, 0.2) is 70.1 Å². The first-order chi connectivity index (χ1) is 13.1. The maximum absolute atomic E-state index is 13.0. The second kappa shape index (κ2) is 6.63. The van der Waals surface area contributed by atoms with Gasteiger partial charge in [-0.25, -0.2) is 0 Å². The lowest BCUT2D eigenvalue weighted by molar-refractivity contribution is -0.124. The zero-order chi connectivity index (χ0) is 18.9. The highest BCUT2D eigenvalue weighted by atomic mass is 16.5. The minimum absolute atomic E-state index is 0.0320. The van der Waals surface area contributed by atoms with Crippen LogP contribution in [0.25, 0.3) is 0 Å². The molecule has 2 N–H and O–H groups in total. The summed E-state index contributed by atoms with van der Waals surface area (Å²) < 4.78 is 16.0. The highest BCUT2D eigenvalue weighted by Gasteiger charge is 2.53. The Labute approximate surface area is 156 Å². The van der Waals surface area contributed by atoms with Gasteiger partial charge in [-0.1, -0.05) is 18.2 Å². The lowest BCUT2D eigenvalue weighted by Crippen LogP contribution is -2.45. The predicted octanol–water partition coefficient (Wildman–Crippen LogP) is 2.97. The zero-order valence-corrected chi connectivity index (χ0v) is 15.0. The van der Waals surface area contributed by atoms with E-state index in [4.69, 9.17) is 13.6 Å². The fraction of sp³-hybridized carbons (Fsp3) is 0.286. The van der Waals surface area contributed by atoms with Gasteiger partial charge in [0.1, 0.15) is 11.5 Å². The number of amides is 1. The van der Waals surface area contributed by atoms with Crippen LogP contribution in [0.4, 0.5) is 0 Å². The minimum Gasteiger partial charge on any atom is -0.496 e. The van der Waals surface area contributed by atoms with E-state index in [0.29, 0.717) is 17.1 Å². The molecule has 6 heteroatoms. The first-order valence-corrected chi connectivity index (χ1v) is 8.81. The Morgan fingerprint density at radius 1 is 1.22 bits per heavy atom. The molecule has 2 heterocycles. The number of rotatable bonds is 7. The van der Waals surface area contributed by atoms with Crippen LogP contribution in [0.1, 0.15) is 29.7 Å². The molecule has 1 saturated carbocycles. The van der Waals surface area contributed by atoms with Gasteiger partial charge in [-0.05, 0) is 37.1 Å². The molecule has 0 aliphatic heterocycles. The molecule has 1 atom stereocenters. The van der Waals surface area contributed by atoms with E-state index in [1.54, 1.807) is 25.3 Å². The number of aliphatic hydroxyl groups is 1. The molecule has 1 aliphatic carbocycles. The fourth-order valence-corrected chi connectivity index (χ4v) is 3.51. The number of nitrogens with one attached hydrogen (secondary N) is 1. The number of hydrogen-bond acceptors (Lipinski definition) is 5. The molecule has 1 fully saturated rings. The van der Waals surface area contributed by atoms with Gasteiger partial charge in [0, 0.05) is 11.1 Å². The van der Waals surface area contributed by atoms with E-state index in [9.17, 15) is 9.90 Å². The predicted molar refractivity (Wildman–Crippen MR) is 97.3 cm³/mol. The van der Waals surface area contributed by atoms with Gasteiger partial charge in [-0.3, -0.25) is 4.79 Å². The molecule has 6 nitrogen and oxygen atoms in total. The van der Waals surface area contributed by atoms with E-state index < -0.39 is 11.0 Å². The SMILES string of the molecule is COc1ccccc1C1(C(=O)NCC(O)(c2ccoc2)c2ccco2)CC1. The van der Waals surface area contributed by atoms with Crippen molar-refractivity contribution >= 4 is 5.91 Å². The van der Waals surface area contributed by atoms with Crippen molar-refractivity contribution in [3.05, 3.63) is 78.1 Å². The van der Waals surface area contributed by atoms with Gasteiger partial charge in [-0.15, -0.1) is 0 Å². The molecular formula is C21H21NO5. The number of methoxy groups -OCH3 is 1. The van der Waals surface area contributed by atoms with Gasteiger partial charge in [0.2, 0.25) is 5.91 Å². The van der Waals surface area contributed by atoms with Gasteiger partial charge in [0.15, 0.2) is 5.60 Å². The Morgan fingerprint density at radius 2 is 2.04 bits per heavy atom. The molecule has 1 aromatic carbocycles. The molecule has 0 radical (unpaired) electrons. The van der Waals surface area contributed by atoms with Crippen LogP contribution in [0, 0.1) is 0 Å². The molecule has 0 saturated heterocycles. The van der Waals surface area contributed by atoms with Crippen LogP contribution in [0.3, 0.4) is 0 Å². The van der Waals surface area contributed by atoms with Crippen molar-refractivity contribution in [2.45, 2.75) is 23.9 Å². The van der Waals surface area contributed by atoms with Gasteiger partial charge >= 0.3 is 0 Å². The normalized spacial score (nSPS) is 17.1. The van der Waals surface area contributed by atoms with Gasteiger partial charge in [0.25, 0.3) is 0 Å². The summed E-state index contributed by atoms with van der Waals surface area (Å²) in [5, 5.41) is 14.2. The first-order valence-electron chi connectivity index (χ1n) is 8.81. The Hall–Kier alpha value is -2.99. The lowest BCUT2D eigenvalue weighted by atomic mass is 9.91. The summed E-state index contributed by atoms with van der Waals surface area (Å²) >= 11 is 0. The summed E-state index contributed by atoms with van der Waals surface area (Å²) in [5.74, 6) is 0.896. The van der Waals surface area contributed by atoms with Crippen LogP contribution in [0.5, 0.6) is 5.75 Å². The van der Waals surface area contributed by atoms with E-state index in [2.05, 4.69) is 5.32 Å². The Kier molecular flexibility index (Phi) is 4.28. The van der Waals surface area contributed by atoms with Crippen LogP contribution >= 0.6 is 0 Å². The molecule has 2 aromatic heterocycles. The van der Waals surface area contributed by atoms with Crippen LogP contribution in [0.2, 0.25) is 0 Å². The number of ether oxygens (including phenoxy) is 1. The van der Waals surface area contributed by atoms with Crippen molar-refractivity contribution in [3.8, 4) is 5.75 Å². The van der Waals surface area contributed by atoms with Crippen molar-refractivity contribution < 1.29 is 23.5 Å². The Morgan fingerprint density at radius 3 is 2.67 bits per heavy atom. The van der Waals surface area contributed by atoms with Gasteiger partial charge in [-0.2, -0.15) is 0 Å². The molecule has 27 heavy (non-hydrogen) atoms. The highest BCUT2D eigenvalue weighted by molar-refractivity contribution is 5.92. The topological polar surface area (TPSA) is 84.8 Å². The summed E-state index contributed by atoms with van der Waals surface area (Å²) in [6, 6.07) is 12.6. The van der Waals surface area contributed by atoms with Crippen molar-refractivity contribution in [1.82, 2.24) is 5.32 Å². The first kappa shape index (κ1) is 17.4. The van der Waals surface area contributed by atoms with Crippen LogP contribution in [-0.4, -0.2) is 24.7 Å². The lowest BCUT2D eigenvalue weighted by Gasteiger charge is -2.27. The standard InChI is InChI=1S/C21H21NO5/c1-25-17-6-3-2-5-16(17)20(9-10-20)19(23)22-14-21(24,15-8-12-26-13-15)18-7-4-11-27-18/h2-8,11-13,24H,9-10,14H2,1H3,(H,22,23).